The number of hydrogen-bond acceptors (Lipinski definition) is 6. The normalized spacial score (nSPS) is 11.6. The van der Waals surface area contributed by atoms with Crippen molar-refractivity contribution >= 4 is 21.9 Å². The van der Waals surface area contributed by atoms with E-state index in [-0.39, 0.29) is 5.82 Å². The van der Waals surface area contributed by atoms with Crippen molar-refractivity contribution in [3.8, 4) is 39.7 Å². The van der Waals surface area contributed by atoms with Crippen molar-refractivity contribution in [1.29, 1.82) is 0 Å². The van der Waals surface area contributed by atoms with Gasteiger partial charge in [-0.3, -0.25) is 15.1 Å². The van der Waals surface area contributed by atoms with Gasteiger partial charge in [0, 0.05) is 35.5 Å². The molecular weight excluding hydrogens is 481 g/mol. The van der Waals surface area contributed by atoms with Crippen LogP contribution < -0.4 is 4.74 Å². The van der Waals surface area contributed by atoms with Gasteiger partial charge in [0.05, 0.1) is 22.9 Å². The Morgan fingerprint density at radius 1 is 0.921 bits per heavy atom. The van der Waals surface area contributed by atoms with Gasteiger partial charge >= 0.3 is 0 Å². The van der Waals surface area contributed by atoms with E-state index in [4.69, 9.17) is 9.72 Å². The molecule has 0 atom stereocenters. The van der Waals surface area contributed by atoms with Crippen molar-refractivity contribution in [2.24, 2.45) is 0 Å². The molecule has 190 valence electrons. The van der Waals surface area contributed by atoms with Crippen LogP contribution in [-0.4, -0.2) is 62.3 Å². The Morgan fingerprint density at radius 3 is 2.66 bits per heavy atom. The van der Waals surface area contributed by atoms with Crippen LogP contribution in [0, 0.1) is 12.7 Å². The Labute approximate surface area is 218 Å². The zero-order valence-corrected chi connectivity index (χ0v) is 21.3. The van der Waals surface area contributed by atoms with Crippen LogP contribution >= 0.6 is 0 Å². The summed E-state index contributed by atoms with van der Waals surface area (Å²) in [5.74, 6) is 1.02. The number of H-pyrrole nitrogens is 2. The van der Waals surface area contributed by atoms with Crippen molar-refractivity contribution < 1.29 is 9.13 Å². The number of pyridine rings is 2. The molecule has 8 nitrogen and oxygen atoms in total. The molecule has 2 N–H and O–H groups in total. The predicted octanol–water partition coefficient (Wildman–Crippen LogP) is 5.62. The highest BCUT2D eigenvalue weighted by molar-refractivity contribution is 5.97. The highest BCUT2D eigenvalue weighted by Gasteiger charge is 2.17. The third-order valence-corrected chi connectivity index (χ3v) is 6.36. The molecule has 0 aliphatic carbocycles. The Hall–Kier alpha value is -4.63. The zero-order valence-electron chi connectivity index (χ0n) is 21.3. The minimum absolute atomic E-state index is 0.304. The van der Waals surface area contributed by atoms with Crippen molar-refractivity contribution in [2.75, 3.05) is 27.2 Å². The van der Waals surface area contributed by atoms with Crippen molar-refractivity contribution in [2.45, 2.75) is 6.92 Å². The van der Waals surface area contributed by atoms with Crippen molar-refractivity contribution in [1.82, 2.24) is 35.0 Å². The number of benzene rings is 2. The second-order valence-corrected chi connectivity index (χ2v) is 9.55. The summed E-state index contributed by atoms with van der Waals surface area (Å²) < 4.78 is 20.0. The number of nitrogens with one attached hydrogen (secondary N) is 2. The molecule has 0 radical (unpaired) electrons. The summed E-state index contributed by atoms with van der Waals surface area (Å²) in [5.41, 5.74) is 7.07. The number of imidazole rings is 1. The Kier molecular flexibility index (Phi) is 6.05. The van der Waals surface area contributed by atoms with E-state index < -0.39 is 0 Å². The Bertz CT molecular complexity index is 1750. The standard InChI is InChI=1S/C29H26FN7O/c1-17-10-19(12-21(30)11-17)26-28-25(6-7-32-26)33-29(34-28)27-23-14-18(4-5-24(23)35-36-27)20-13-22(16-31-15-20)38-9-8-37(2)3/h4-7,10-16H,8-9H2,1-3H3,(H,33,34)(H,35,36). The van der Waals surface area contributed by atoms with Crippen molar-refractivity contribution in [3.05, 3.63) is 78.5 Å². The van der Waals surface area contributed by atoms with E-state index in [2.05, 4.69) is 36.1 Å². The monoisotopic (exact) mass is 507 g/mol. The van der Waals surface area contributed by atoms with Crippen LogP contribution in [0.4, 0.5) is 4.39 Å². The maximum absolute atomic E-state index is 14.1. The van der Waals surface area contributed by atoms with Crippen LogP contribution in [0.3, 0.4) is 0 Å². The van der Waals surface area contributed by atoms with E-state index in [1.165, 1.54) is 12.1 Å². The van der Waals surface area contributed by atoms with E-state index in [1.807, 2.05) is 57.5 Å². The first-order valence-corrected chi connectivity index (χ1v) is 12.3. The van der Waals surface area contributed by atoms with Gasteiger partial charge in [-0.05, 0) is 74.6 Å². The molecule has 0 fully saturated rings. The summed E-state index contributed by atoms with van der Waals surface area (Å²) in [7, 11) is 4.02. The highest BCUT2D eigenvalue weighted by atomic mass is 19.1. The molecule has 4 heterocycles. The second kappa shape index (κ2) is 9.68. The van der Waals surface area contributed by atoms with Gasteiger partial charge in [0.2, 0.25) is 0 Å². The van der Waals surface area contributed by atoms with Gasteiger partial charge in [-0.1, -0.05) is 6.07 Å². The number of halogens is 1. The summed E-state index contributed by atoms with van der Waals surface area (Å²) in [6, 6.07) is 14.8. The minimum atomic E-state index is -0.304. The molecule has 0 aliphatic heterocycles. The molecular formula is C29H26FN7O. The van der Waals surface area contributed by atoms with Gasteiger partial charge in [0.25, 0.3) is 0 Å². The molecule has 2 aromatic carbocycles. The van der Waals surface area contributed by atoms with Crippen LogP contribution in [0.5, 0.6) is 5.75 Å². The smallest absolute Gasteiger partial charge is 0.159 e. The van der Waals surface area contributed by atoms with Crippen LogP contribution in [0.15, 0.2) is 67.1 Å². The Morgan fingerprint density at radius 2 is 1.82 bits per heavy atom. The maximum atomic E-state index is 14.1. The van der Waals surface area contributed by atoms with Gasteiger partial charge in [0.1, 0.15) is 29.4 Å². The lowest BCUT2D eigenvalue weighted by atomic mass is 10.0. The number of fused-ring (bicyclic) bond motifs is 2. The van der Waals surface area contributed by atoms with E-state index in [0.29, 0.717) is 34.9 Å². The number of hydrogen-bond donors (Lipinski definition) is 2. The summed E-state index contributed by atoms with van der Waals surface area (Å²) >= 11 is 0. The van der Waals surface area contributed by atoms with Crippen LogP contribution in [0.25, 0.3) is 55.8 Å². The molecule has 0 amide bonds. The second-order valence-electron chi connectivity index (χ2n) is 9.55. The first kappa shape index (κ1) is 23.7. The average molecular weight is 508 g/mol. The molecule has 4 aromatic heterocycles. The lowest BCUT2D eigenvalue weighted by molar-refractivity contribution is 0.261. The van der Waals surface area contributed by atoms with Crippen molar-refractivity contribution in [3.63, 3.8) is 0 Å². The SMILES string of the molecule is Cc1cc(F)cc(-c2nccc3[nH]c(-c4n[nH]c5ccc(-c6cncc(OCCN(C)C)c6)cc45)nc23)c1. The van der Waals surface area contributed by atoms with Crippen LogP contribution in [0.2, 0.25) is 0 Å². The molecule has 0 bridgehead atoms. The summed E-state index contributed by atoms with van der Waals surface area (Å²) in [6.07, 6.45) is 5.24. The molecule has 0 spiro atoms. The quantitative estimate of drug-likeness (QED) is 0.291. The molecule has 9 heteroatoms. The third-order valence-electron chi connectivity index (χ3n) is 6.36. The number of nitrogens with zero attached hydrogens (tertiary/aromatic N) is 5. The molecule has 0 saturated carbocycles. The first-order chi connectivity index (χ1) is 18.4. The van der Waals surface area contributed by atoms with Gasteiger partial charge in [0.15, 0.2) is 5.82 Å². The Balaban J connectivity index is 1.38. The van der Waals surface area contributed by atoms with Crippen LogP contribution in [0.1, 0.15) is 5.56 Å². The molecule has 6 aromatic rings. The summed E-state index contributed by atoms with van der Waals surface area (Å²) in [4.78, 5) is 19.2. The lowest BCUT2D eigenvalue weighted by Gasteiger charge is -2.11. The fraction of sp³-hybridized carbons (Fsp3) is 0.172. The van der Waals surface area contributed by atoms with Gasteiger partial charge in [-0.25, -0.2) is 9.37 Å². The largest absolute Gasteiger partial charge is 0.491 e. The van der Waals surface area contributed by atoms with Crippen LogP contribution in [-0.2, 0) is 0 Å². The van der Waals surface area contributed by atoms with E-state index in [9.17, 15) is 4.39 Å². The number of rotatable bonds is 7. The number of aryl methyl sites for hydroxylation is 1. The van der Waals surface area contributed by atoms with Gasteiger partial charge in [-0.2, -0.15) is 5.10 Å². The predicted molar refractivity (Wildman–Crippen MR) is 146 cm³/mol. The lowest BCUT2D eigenvalue weighted by Crippen LogP contribution is -2.19. The highest BCUT2D eigenvalue weighted by Crippen LogP contribution is 2.33. The molecule has 0 aliphatic rings. The maximum Gasteiger partial charge on any atom is 0.159 e. The molecule has 0 saturated heterocycles. The van der Waals surface area contributed by atoms with Gasteiger partial charge in [-0.15, -0.1) is 0 Å². The molecule has 38 heavy (non-hydrogen) atoms. The molecule has 0 unspecified atom stereocenters. The zero-order chi connectivity index (χ0) is 26.2. The summed E-state index contributed by atoms with van der Waals surface area (Å²) in [5, 5.41) is 8.57. The number of aromatic nitrogens is 6. The van der Waals surface area contributed by atoms with E-state index in [1.54, 1.807) is 12.4 Å². The fourth-order valence-corrected chi connectivity index (χ4v) is 4.51. The van der Waals surface area contributed by atoms with E-state index >= 15 is 0 Å². The fourth-order valence-electron chi connectivity index (χ4n) is 4.51. The average Bonchev–Trinajstić information content (AvgIpc) is 3.51. The molecule has 6 rings (SSSR count). The summed E-state index contributed by atoms with van der Waals surface area (Å²) in [6.45, 7) is 3.26. The number of ether oxygens (including phenoxy) is 1. The number of aromatic amines is 2. The minimum Gasteiger partial charge on any atom is -0.491 e. The number of likely N-dealkylation sites (N-methyl/N-ethyl adjacent to an activating group) is 1. The third kappa shape index (κ3) is 4.59. The topological polar surface area (TPSA) is 95.6 Å². The van der Waals surface area contributed by atoms with E-state index in [0.717, 1.165) is 45.4 Å². The van der Waals surface area contributed by atoms with Gasteiger partial charge < -0.3 is 14.6 Å². The first-order valence-electron chi connectivity index (χ1n) is 12.3.